The smallest absolute Gasteiger partial charge is 0.236 e. The third-order valence-electron chi connectivity index (χ3n) is 4.42. The summed E-state index contributed by atoms with van der Waals surface area (Å²) in [6.45, 7) is 5.38. The van der Waals surface area contributed by atoms with Crippen LogP contribution in [-0.4, -0.2) is 30.0 Å². The highest BCUT2D eigenvalue weighted by molar-refractivity contribution is 5.85. The first-order chi connectivity index (χ1) is 8.30. The van der Waals surface area contributed by atoms with Crippen LogP contribution in [0.25, 0.3) is 0 Å². The Morgan fingerprint density at radius 2 is 1.95 bits per heavy atom. The summed E-state index contributed by atoms with van der Waals surface area (Å²) in [6.07, 6.45) is 4.90. The van der Waals surface area contributed by atoms with Gasteiger partial charge in [0.25, 0.3) is 0 Å². The second kappa shape index (κ2) is 6.33. The van der Waals surface area contributed by atoms with Crippen molar-refractivity contribution in [1.29, 1.82) is 0 Å². The third-order valence-corrected chi connectivity index (χ3v) is 4.42. The molecule has 0 amide bonds. The Kier molecular flexibility index (Phi) is 5.53. The van der Waals surface area contributed by atoms with E-state index in [1.54, 1.807) is 7.11 Å². The number of piperidine rings is 1. The van der Waals surface area contributed by atoms with E-state index in [2.05, 4.69) is 22.0 Å². The second-order valence-corrected chi connectivity index (χ2v) is 5.18. The fourth-order valence-electron chi connectivity index (χ4n) is 3.56. The first-order valence-electron chi connectivity index (χ1n) is 6.65. The highest BCUT2D eigenvalue weighted by Crippen LogP contribution is 2.47. The molecule has 0 unspecified atom stereocenters. The fraction of sp³-hybridized carbons (Fsp3) is 0.769. The van der Waals surface area contributed by atoms with E-state index in [9.17, 15) is 0 Å². The number of nitrogens with zero attached hydrogens (tertiary/aromatic N) is 2. The maximum Gasteiger partial charge on any atom is 0.236 e. The number of hydrogen-bond donors (Lipinski definition) is 1. The van der Waals surface area contributed by atoms with Crippen molar-refractivity contribution in [2.45, 2.75) is 44.6 Å². The lowest BCUT2D eigenvalue weighted by Gasteiger charge is -2.34. The standard InChI is InChI=1S/C13H21N3O.2ClH/c1-3-16-11-10(12(15-16)17-2)4-5-13(11)6-8-14-9-7-13;;/h14H,3-9H2,1-2H3;2*1H. The normalized spacial score (nSPS) is 19.5. The van der Waals surface area contributed by atoms with Crippen LogP contribution in [0.4, 0.5) is 0 Å². The molecule has 1 N–H and O–H groups in total. The van der Waals surface area contributed by atoms with Crippen molar-refractivity contribution < 1.29 is 4.74 Å². The summed E-state index contributed by atoms with van der Waals surface area (Å²) in [7, 11) is 1.73. The minimum Gasteiger partial charge on any atom is -0.480 e. The Morgan fingerprint density at radius 1 is 1.26 bits per heavy atom. The molecule has 0 aromatic carbocycles. The van der Waals surface area contributed by atoms with Crippen molar-refractivity contribution in [2.24, 2.45) is 0 Å². The molecule has 1 spiro atoms. The zero-order valence-electron chi connectivity index (χ0n) is 11.6. The number of aromatic nitrogens is 2. The number of ether oxygens (including phenoxy) is 1. The van der Waals surface area contributed by atoms with Gasteiger partial charge in [0.15, 0.2) is 0 Å². The van der Waals surface area contributed by atoms with Gasteiger partial charge in [-0.05, 0) is 45.7 Å². The molecule has 0 saturated carbocycles. The molecule has 110 valence electrons. The molecule has 2 heterocycles. The topological polar surface area (TPSA) is 39.1 Å². The monoisotopic (exact) mass is 307 g/mol. The lowest BCUT2D eigenvalue weighted by molar-refractivity contribution is 0.285. The fourth-order valence-corrected chi connectivity index (χ4v) is 3.56. The van der Waals surface area contributed by atoms with Gasteiger partial charge in [-0.25, -0.2) is 0 Å². The molecule has 3 rings (SSSR count). The predicted octanol–water partition coefficient (Wildman–Crippen LogP) is 2.32. The van der Waals surface area contributed by atoms with Crippen LogP contribution >= 0.6 is 24.8 Å². The first-order valence-corrected chi connectivity index (χ1v) is 6.65. The van der Waals surface area contributed by atoms with Crippen molar-refractivity contribution in [3.05, 3.63) is 11.3 Å². The molecular formula is C13H23Cl2N3O. The summed E-state index contributed by atoms with van der Waals surface area (Å²) < 4.78 is 7.60. The van der Waals surface area contributed by atoms with Gasteiger partial charge in [0.2, 0.25) is 5.88 Å². The lowest BCUT2D eigenvalue weighted by Crippen LogP contribution is -2.39. The van der Waals surface area contributed by atoms with E-state index < -0.39 is 0 Å². The van der Waals surface area contributed by atoms with E-state index >= 15 is 0 Å². The number of fused-ring (bicyclic) bond motifs is 2. The molecule has 1 aromatic heterocycles. The molecule has 1 aromatic rings. The SMILES string of the molecule is CCn1nc(OC)c2c1C1(CCNCC1)CC2.Cl.Cl. The molecule has 1 saturated heterocycles. The molecule has 1 aliphatic carbocycles. The van der Waals surface area contributed by atoms with Crippen LogP contribution in [0.15, 0.2) is 0 Å². The molecule has 1 fully saturated rings. The van der Waals surface area contributed by atoms with Gasteiger partial charge in [0.1, 0.15) is 0 Å². The van der Waals surface area contributed by atoms with Crippen molar-refractivity contribution >= 4 is 24.8 Å². The van der Waals surface area contributed by atoms with Gasteiger partial charge in [-0.15, -0.1) is 29.9 Å². The van der Waals surface area contributed by atoms with Crippen LogP contribution < -0.4 is 10.1 Å². The Balaban J connectivity index is 0.000000902. The summed E-state index contributed by atoms with van der Waals surface area (Å²) in [5, 5.41) is 8.06. The Hall–Kier alpha value is -0.450. The van der Waals surface area contributed by atoms with Crippen molar-refractivity contribution in [3.8, 4) is 5.88 Å². The summed E-state index contributed by atoms with van der Waals surface area (Å²) in [5.41, 5.74) is 3.22. The Morgan fingerprint density at radius 3 is 2.53 bits per heavy atom. The number of halogens is 2. The largest absolute Gasteiger partial charge is 0.480 e. The van der Waals surface area contributed by atoms with Crippen LogP contribution in [0.5, 0.6) is 5.88 Å². The van der Waals surface area contributed by atoms with Crippen LogP contribution in [-0.2, 0) is 18.4 Å². The second-order valence-electron chi connectivity index (χ2n) is 5.18. The third kappa shape index (κ3) is 2.46. The van der Waals surface area contributed by atoms with E-state index in [-0.39, 0.29) is 24.8 Å². The van der Waals surface area contributed by atoms with Crippen LogP contribution in [0.2, 0.25) is 0 Å². The van der Waals surface area contributed by atoms with E-state index in [1.165, 1.54) is 30.5 Å². The minimum absolute atomic E-state index is 0. The maximum atomic E-state index is 5.43. The summed E-state index contributed by atoms with van der Waals surface area (Å²) in [4.78, 5) is 0. The molecule has 19 heavy (non-hydrogen) atoms. The number of nitrogens with one attached hydrogen (secondary N) is 1. The predicted molar refractivity (Wildman–Crippen MR) is 81.1 cm³/mol. The Labute approximate surface area is 127 Å². The van der Waals surface area contributed by atoms with Gasteiger partial charge in [0.05, 0.1) is 12.8 Å². The molecule has 4 nitrogen and oxygen atoms in total. The van der Waals surface area contributed by atoms with Crippen LogP contribution in [0.1, 0.15) is 37.4 Å². The van der Waals surface area contributed by atoms with Gasteiger partial charge in [-0.1, -0.05) is 0 Å². The average molecular weight is 308 g/mol. The molecule has 1 aliphatic heterocycles. The highest BCUT2D eigenvalue weighted by Gasteiger charge is 2.44. The summed E-state index contributed by atoms with van der Waals surface area (Å²) in [6, 6.07) is 0. The van der Waals surface area contributed by atoms with Crippen molar-refractivity contribution in [3.63, 3.8) is 0 Å². The Bertz CT molecular complexity index is 428. The van der Waals surface area contributed by atoms with Crippen LogP contribution in [0.3, 0.4) is 0 Å². The van der Waals surface area contributed by atoms with E-state index in [0.717, 1.165) is 31.9 Å². The molecule has 2 aliphatic rings. The van der Waals surface area contributed by atoms with Gasteiger partial charge < -0.3 is 10.1 Å². The molecular weight excluding hydrogens is 285 g/mol. The highest BCUT2D eigenvalue weighted by atomic mass is 35.5. The van der Waals surface area contributed by atoms with Crippen molar-refractivity contribution in [2.75, 3.05) is 20.2 Å². The average Bonchev–Trinajstić information content (AvgIpc) is 2.90. The van der Waals surface area contributed by atoms with E-state index in [0.29, 0.717) is 5.41 Å². The zero-order chi connectivity index (χ0) is 11.9. The van der Waals surface area contributed by atoms with Gasteiger partial charge in [0, 0.05) is 17.5 Å². The number of methoxy groups -OCH3 is 1. The van der Waals surface area contributed by atoms with Crippen molar-refractivity contribution in [1.82, 2.24) is 15.1 Å². The summed E-state index contributed by atoms with van der Waals surface area (Å²) in [5.74, 6) is 0.859. The lowest BCUT2D eigenvalue weighted by atomic mass is 9.76. The van der Waals surface area contributed by atoms with Gasteiger partial charge in [-0.2, -0.15) is 0 Å². The van der Waals surface area contributed by atoms with Gasteiger partial charge in [-0.3, -0.25) is 4.68 Å². The van der Waals surface area contributed by atoms with Crippen LogP contribution in [0, 0.1) is 0 Å². The molecule has 6 heteroatoms. The van der Waals surface area contributed by atoms with Gasteiger partial charge >= 0.3 is 0 Å². The molecule has 0 radical (unpaired) electrons. The number of rotatable bonds is 2. The summed E-state index contributed by atoms with van der Waals surface area (Å²) >= 11 is 0. The zero-order valence-corrected chi connectivity index (χ0v) is 13.2. The number of hydrogen-bond acceptors (Lipinski definition) is 3. The van der Waals surface area contributed by atoms with E-state index in [1.807, 2.05) is 0 Å². The number of aryl methyl sites for hydroxylation is 1. The maximum absolute atomic E-state index is 5.43. The minimum atomic E-state index is 0. The first kappa shape index (κ1) is 16.6. The molecule has 0 bridgehead atoms. The molecule has 0 atom stereocenters. The van der Waals surface area contributed by atoms with E-state index in [4.69, 9.17) is 4.74 Å². The quantitative estimate of drug-likeness (QED) is 0.911.